The van der Waals surface area contributed by atoms with Crippen molar-refractivity contribution in [3.63, 3.8) is 0 Å². The minimum Gasteiger partial charge on any atom is -0.444 e. The van der Waals surface area contributed by atoms with Crippen LogP contribution in [0.1, 0.15) is 79.1 Å². The monoisotopic (exact) mass is 702 g/mol. The van der Waals surface area contributed by atoms with Gasteiger partial charge in [-0.05, 0) is 55.1 Å². The lowest BCUT2D eigenvalue weighted by Crippen LogP contribution is -2.45. The Balaban J connectivity index is 0.000000947. The lowest BCUT2D eigenvalue weighted by Gasteiger charge is -2.35. The summed E-state index contributed by atoms with van der Waals surface area (Å²) in [5, 5.41) is 4.21. The topological polar surface area (TPSA) is 89.5 Å². The van der Waals surface area contributed by atoms with Crippen molar-refractivity contribution < 1.29 is 18.8 Å². The number of carbonyl (C=O) groups is 1. The van der Waals surface area contributed by atoms with Gasteiger partial charge in [0.2, 0.25) is 0 Å². The van der Waals surface area contributed by atoms with Crippen LogP contribution >= 0.6 is 36.9 Å². The van der Waals surface area contributed by atoms with Crippen molar-refractivity contribution in [1.29, 1.82) is 0 Å². The molecule has 0 unspecified atom stereocenters. The van der Waals surface area contributed by atoms with Crippen molar-refractivity contribution in [3.8, 4) is 11.3 Å². The largest absolute Gasteiger partial charge is 0.444 e. The lowest BCUT2D eigenvalue weighted by molar-refractivity contribution is -0.00808. The maximum absolute atomic E-state index is 12.9. The van der Waals surface area contributed by atoms with E-state index >= 15 is 0 Å². The zero-order valence-corrected chi connectivity index (χ0v) is 27.2. The van der Waals surface area contributed by atoms with E-state index in [0.29, 0.717) is 30.1 Å². The van der Waals surface area contributed by atoms with Gasteiger partial charge in [-0.2, -0.15) is 0 Å². The molecule has 1 fully saturated rings. The predicted octanol–water partition coefficient (Wildman–Crippen LogP) is 7.94. The van der Waals surface area contributed by atoms with Gasteiger partial charge < -0.3 is 18.9 Å². The van der Waals surface area contributed by atoms with Gasteiger partial charge in [0.25, 0.3) is 0 Å². The van der Waals surface area contributed by atoms with E-state index in [1.807, 2.05) is 69.9 Å². The van der Waals surface area contributed by atoms with Crippen LogP contribution < -0.4 is 0 Å². The number of amides is 1. The Morgan fingerprint density at radius 2 is 1.79 bits per heavy atom. The first-order valence-electron chi connectivity index (χ1n) is 13.1. The normalized spacial score (nSPS) is 15.5. The molecule has 1 amide bonds. The molecule has 1 saturated heterocycles. The molecule has 2 aliphatic rings. The number of halogens is 2. The number of nitrogens with zero attached hydrogens (tertiary/aromatic N) is 4. The van der Waals surface area contributed by atoms with Crippen molar-refractivity contribution in [3.05, 3.63) is 41.7 Å². The van der Waals surface area contributed by atoms with Crippen molar-refractivity contribution in [2.75, 3.05) is 13.2 Å². The van der Waals surface area contributed by atoms with Crippen molar-refractivity contribution >= 4 is 57.5 Å². The zero-order valence-electron chi connectivity index (χ0n) is 23.5. The second-order valence-electron chi connectivity index (χ2n) is 9.47. The molecule has 0 spiro atoms. The van der Waals surface area contributed by atoms with E-state index in [-0.39, 0.29) is 12.1 Å². The molecule has 2 aromatic rings. The summed E-state index contributed by atoms with van der Waals surface area (Å²) in [6, 6.07) is 10.0. The molecule has 2 aliphatic heterocycles. The molecule has 0 atom stereocenters. The summed E-state index contributed by atoms with van der Waals surface area (Å²) in [6.07, 6.45) is 4.29. The Morgan fingerprint density at radius 3 is 2.37 bits per heavy atom. The van der Waals surface area contributed by atoms with E-state index < -0.39 is 26.6 Å². The second-order valence-corrected chi connectivity index (χ2v) is 12.3. The van der Waals surface area contributed by atoms with E-state index in [4.69, 9.17) is 14.0 Å². The average Bonchev–Trinajstić information content (AvgIpc) is 3.39. The molecule has 1 aromatic carbocycles. The first-order chi connectivity index (χ1) is 18.2. The highest BCUT2D eigenvalue weighted by Gasteiger charge is 2.29. The Morgan fingerprint density at radius 1 is 1.16 bits per heavy atom. The van der Waals surface area contributed by atoms with E-state index in [1.165, 1.54) is 6.42 Å². The Hall–Kier alpha value is -1.92. The average molecular weight is 703 g/mol. The van der Waals surface area contributed by atoms with Gasteiger partial charge in [0, 0.05) is 37.4 Å². The molecule has 0 N–H and O–H groups in total. The van der Waals surface area contributed by atoms with Gasteiger partial charge in [0.15, 0.2) is 9.39 Å². The van der Waals surface area contributed by atoms with Gasteiger partial charge in [-0.3, -0.25) is 0 Å². The van der Waals surface area contributed by atoms with Crippen LogP contribution in [0, 0.1) is 0 Å². The molecular weight excluding hydrogens is 663 g/mol. The zero-order chi connectivity index (χ0) is 28.1. The van der Waals surface area contributed by atoms with Crippen LogP contribution in [0.4, 0.5) is 4.79 Å². The second kappa shape index (κ2) is 16.2. The van der Waals surface area contributed by atoms with Crippen LogP contribution in [0.2, 0.25) is 0 Å². The van der Waals surface area contributed by atoms with E-state index in [0.717, 1.165) is 33.3 Å². The fraction of sp³-hybridized carbons (Fsp3) is 0.536. The van der Waals surface area contributed by atoms with Gasteiger partial charge in [-0.25, -0.2) is 13.0 Å². The quantitative estimate of drug-likeness (QED) is 0.295. The number of ether oxygens (including phenoxy) is 2. The molecule has 4 rings (SSSR count). The standard InChI is InChI=1S/C23H26BrIN4O4.C3H8.C2H6/c1-23(2,3)32-22(30)29(17-8-10-31-11-9-17)14-15-4-6-16(7-5-15)18-12-19(33-28-18)21-25-26-13-20(24)27-21;1-3-2;1-2/h4-7,12-13,17H,8-11,14H2,1-3H3;3H2,1-2H3;1-2H3. The minimum atomic E-state index is -0.577. The van der Waals surface area contributed by atoms with Gasteiger partial charge in [-0.15, -0.1) is 0 Å². The summed E-state index contributed by atoms with van der Waals surface area (Å²) in [4.78, 5) is 19.2. The molecule has 210 valence electrons. The Bertz CT molecular complexity index is 1100. The predicted molar refractivity (Wildman–Crippen MR) is 168 cm³/mol. The number of hydrogen-bond donors (Lipinski definition) is 0. The van der Waals surface area contributed by atoms with E-state index in [2.05, 4.69) is 43.1 Å². The van der Waals surface area contributed by atoms with Gasteiger partial charge in [0.05, 0.1) is 27.2 Å². The summed E-state index contributed by atoms with van der Waals surface area (Å²) in [6.45, 7) is 15.7. The van der Waals surface area contributed by atoms with Gasteiger partial charge in [-0.1, -0.05) is 63.5 Å². The van der Waals surface area contributed by atoms with Crippen LogP contribution in [0.5, 0.6) is 0 Å². The summed E-state index contributed by atoms with van der Waals surface area (Å²) in [5.41, 5.74) is 2.15. The molecular formula is C28H40BrIN4O4. The number of hydrogen-bond acceptors (Lipinski definition) is 7. The SMILES string of the molecule is CC.CC(C)(C)OC(=O)N(Cc1ccc(-c2cc(C3=IN=CC(Br)=N3)on2)cc1)C1CCOCC1.CCC. The molecule has 0 aliphatic carbocycles. The smallest absolute Gasteiger partial charge is 0.410 e. The van der Waals surface area contributed by atoms with E-state index in [9.17, 15) is 4.79 Å². The first-order valence-corrected chi connectivity index (χ1v) is 16.0. The first kappa shape index (κ1) is 32.3. The van der Waals surface area contributed by atoms with Crippen LogP contribution in [-0.4, -0.2) is 55.5 Å². The number of rotatable bonds is 5. The third-order valence-corrected chi connectivity index (χ3v) is 7.23. The Kier molecular flexibility index (Phi) is 13.8. The fourth-order valence-electron chi connectivity index (χ4n) is 3.50. The van der Waals surface area contributed by atoms with Gasteiger partial charge in [0.1, 0.15) is 15.9 Å². The van der Waals surface area contributed by atoms with Crippen molar-refractivity contribution in [1.82, 2.24) is 10.1 Å². The fourth-order valence-corrected chi connectivity index (χ4v) is 6.02. The van der Waals surface area contributed by atoms with Crippen molar-refractivity contribution in [2.24, 2.45) is 8.20 Å². The maximum atomic E-state index is 12.9. The van der Waals surface area contributed by atoms with E-state index in [1.54, 1.807) is 6.21 Å². The molecule has 0 saturated carbocycles. The summed E-state index contributed by atoms with van der Waals surface area (Å²) < 4.78 is 22.6. The molecule has 38 heavy (non-hydrogen) atoms. The molecule has 1 aromatic heterocycles. The number of carbonyl (C=O) groups excluding carboxylic acids is 1. The van der Waals surface area contributed by atoms with Crippen LogP contribution in [0.15, 0.2) is 43.1 Å². The molecule has 0 bridgehead atoms. The van der Waals surface area contributed by atoms with Crippen LogP contribution in [0.25, 0.3) is 11.3 Å². The third kappa shape index (κ3) is 10.3. The lowest BCUT2D eigenvalue weighted by atomic mass is 10.0. The molecule has 3 heterocycles. The highest BCUT2D eigenvalue weighted by molar-refractivity contribution is 14.2. The van der Waals surface area contributed by atoms with Crippen LogP contribution in [-0.2, 0) is 16.0 Å². The molecule has 8 nitrogen and oxygen atoms in total. The van der Waals surface area contributed by atoms with Gasteiger partial charge >= 0.3 is 6.09 Å². The highest BCUT2D eigenvalue weighted by Crippen LogP contribution is 2.25. The van der Waals surface area contributed by atoms with Crippen LogP contribution in [0.3, 0.4) is 0 Å². The summed E-state index contributed by atoms with van der Waals surface area (Å²) in [5.74, 6) is 0.645. The Labute approximate surface area is 245 Å². The summed E-state index contributed by atoms with van der Waals surface area (Å²) >= 11 is 2.77. The molecule has 10 heteroatoms. The highest BCUT2D eigenvalue weighted by atomic mass is 127. The van der Waals surface area contributed by atoms with Crippen molar-refractivity contribution in [2.45, 2.75) is 85.9 Å². The maximum Gasteiger partial charge on any atom is 0.410 e. The number of aliphatic imine (C=N–C) groups is 1. The number of benzene rings is 1. The minimum absolute atomic E-state index is 0.102. The summed E-state index contributed by atoms with van der Waals surface area (Å²) in [7, 11) is 0. The third-order valence-electron chi connectivity index (χ3n) is 5.06. The molecule has 0 radical (unpaired) electrons. The number of aromatic nitrogens is 1.